The summed E-state index contributed by atoms with van der Waals surface area (Å²) < 4.78 is 12.7. The van der Waals surface area contributed by atoms with Gasteiger partial charge in [0.1, 0.15) is 12.3 Å². The second-order valence-electron chi connectivity index (χ2n) is 12.2. The van der Waals surface area contributed by atoms with Crippen LogP contribution in [0.5, 0.6) is 5.75 Å². The Morgan fingerprint density at radius 1 is 0.750 bits per heavy atom. The van der Waals surface area contributed by atoms with E-state index in [1.54, 1.807) is 0 Å². The molecule has 0 aliphatic heterocycles. The van der Waals surface area contributed by atoms with Crippen molar-refractivity contribution in [2.45, 2.75) is 129 Å². The minimum Gasteiger partial charge on any atom is -0.490 e. The average Bonchev–Trinajstić information content (AvgIpc) is 2.93. The Labute approximate surface area is 246 Å². The van der Waals surface area contributed by atoms with Gasteiger partial charge in [-0.15, -0.1) is 0 Å². The first-order valence-electron chi connectivity index (χ1n) is 16.1. The fourth-order valence-corrected chi connectivity index (χ4v) is 5.52. The third-order valence-electron chi connectivity index (χ3n) is 7.98. The lowest BCUT2D eigenvalue weighted by Gasteiger charge is -2.36. The SMILES string of the molecule is CCCCCCCCCCCCc1ccccc1OC(C)CCOC(=O)C(CCC)[N+](C)(C)Cc1ccccc1. The van der Waals surface area contributed by atoms with Crippen LogP contribution in [0.15, 0.2) is 54.6 Å². The summed E-state index contributed by atoms with van der Waals surface area (Å²) in [5, 5.41) is 0. The second-order valence-corrected chi connectivity index (χ2v) is 12.2. The minimum absolute atomic E-state index is 0.0156. The van der Waals surface area contributed by atoms with Crippen LogP contribution in [0.1, 0.15) is 115 Å². The third-order valence-corrected chi connectivity index (χ3v) is 7.98. The maximum absolute atomic E-state index is 13.2. The largest absolute Gasteiger partial charge is 0.490 e. The van der Waals surface area contributed by atoms with Gasteiger partial charge in [0.05, 0.1) is 26.8 Å². The number of rotatable bonds is 22. The van der Waals surface area contributed by atoms with Gasteiger partial charge in [-0.25, -0.2) is 4.79 Å². The van der Waals surface area contributed by atoms with Crippen molar-refractivity contribution in [3.8, 4) is 5.75 Å². The number of esters is 1. The molecule has 0 heterocycles. The molecule has 0 amide bonds. The second kappa shape index (κ2) is 19.7. The predicted molar refractivity (Wildman–Crippen MR) is 169 cm³/mol. The Kier molecular flexibility index (Phi) is 16.7. The van der Waals surface area contributed by atoms with E-state index in [1.807, 2.05) is 12.1 Å². The molecule has 224 valence electrons. The quantitative estimate of drug-likeness (QED) is 0.0829. The van der Waals surface area contributed by atoms with Gasteiger partial charge in [0.25, 0.3) is 0 Å². The average molecular weight is 553 g/mol. The number of carbonyl (C=O) groups is 1. The molecule has 2 aromatic rings. The van der Waals surface area contributed by atoms with Gasteiger partial charge >= 0.3 is 5.97 Å². The molecule has 4 nitrogen and oxygen atoms in total. The Hall–Kier alpha value is -2.33. The van der Waals surface area contributed by atoms with E-state index in [4.69, 9.17) is 9.47 Å². The lowest BCUT2D eigenvalue weighted by Crippen LogP contribution is -2.52. The van der Waals surface area contributed by atoms with E-state index in [-0.39, 0.29) is 18.1 Å². The van der Waals surface area contributed by atoms with Gasteiger partial charge in [0.15, 0.2) is 6.04 Å². The third kappa shape index (κ3) is 13.4. The van der Waals surface area contributed by atoms with Crippen LogP contribution in [0.3, 0.4) is 0 Å². The summed E-state index contributed by atoms with van der Waals surface area (Å²) >= 11 is 0. The lowest BCUT2D eigenvalue weighted by molar-refractivity contribution is -0.920. The Morgan fingerprint density at radius 2 is 1.35 bits per heavy atom. The summed E-state index contributed by atoms with van der Waals surface area (Å²) in [6, 6.07) is 18.6. The summed E-state index contributed by atoms with van der Waals surface area (Å²) in [4.78, 5) is 13.2. The van der Waals surface area contributed by atoms with Crippen LogP contribution in [-0.4, -0.2) is 43.3 Å². The van der Waals surface area contributed by atoms with Crippen molar-refractivity contribution in [3.63, 3.8) is 0 Å². The molecular weight excluding hydrogens is 494 g/mol. The minimum atomic E-state index is -0.178. The molecule has 0 bridgehead atoms. The number of aryl methyl sites for hydroxylation is 1. The van der Waals surface area contributed by atoms with Gasteiger partial charge in [-0.3, -0.25) is 0 Å². The number of quaternary nitrogens is 1. The Balaban J connectivity index is 1.74. The number of carbonyl (C=O) groups excluding carboxylic acids is 1. The van der Waals surface area contributed by atoms with Crippen LogP contribution >= 0.6 is 0 Å². The smallest absolute Gasteiger partial charge is 0.364 e. The first-order chi connectivity index (χ1) is 19.4. The number of para-hydroxylation sites is 1. The zero-order valence-electron chi connectivity index (χ0n) is 26.3. The van der Waals surface area contributed by atoms with Crippen LogP contribution in [0.2, 0.25) is 0 Å². The highest BCUT2D eigenvalue weighted by Crippen LogP contribution is 2.23. The van der Waals surface area contributed by atoms with Crippen molar-refractivity contribution < 1.29 is 18.8 Å². The molecule has 2 atom stereocenters. The molecule has 0 aliphatic rings. The summed E-state index contributed by atoms with van der Waals surface area (Å²) in [5.74, 6) is 0.873. The van der Waals surface area contributed by atoms with Gasteiger partial charge in [-0.05, 0) is 37.8 Å². The highest BCUT2D eigenvalue weighted by molar-refractivity contribution is 5.74. The van der Waals surface area contributed by atoms with Crippen LogP contribution in [0.25, 0.3) is 0 Å². The van der Waals surface area contributed by atoms with Crippen LogP contribution in [-0.2, 0) is 22.5 Å². The summed E-state index contributed by atoms with van der Waals surface area (Å²) in [6.45, 7) is 7.66. The van der Waals surface area contributed by atoms with E-state index in [9.17, 15) is 4.79 Å². The van der Waals surface area contributed by atoms with E-state index in [0.717, 1.165) is 31.6 Å². The van der Waals surface area contributed by atoms with E-state index in [0.29, 0.717) is 17.5 Å². The summed E-state index contributed by atoms with van der Waals surface area (Å²) in [6.07, 6.45) is 17.0. The molecule has 2 aromatic carbocycles. The van der Waals surface area contributed by atoms with Crippen molar-refractivity contribution >= 4 is 5.97 Å². The van der Waals surface area contributed by atoms with Crippen molar-refractivity contribution in [1.82, 2.24) is 0 Å². The van der Waals surface area contributed by atoms with E-state index in [1.165, 1.54) is 75.3 Å². The van der Waals surface area contributed by atoms with Gasteiger partial charge < -0.3 is 14.0 Å². The first kappa shape index (κ1) is 33.9. The van der Waals surface area contributed by atoms with Gasteiger partial charge in [-0.2, -0.15) is 0 Å². The lowest BCUT2D eigenvalue weighted by atomic mass is 10.0. The van der Waals surface area contributed by atoms with Crippen molar-refractivity contribution in [2.24, 2.45) is 0 Å². The molecule has 0 aromatic heterocycles. The zero-order valence-corrected chi connectivity index (χ0v) is 26.3. The highest BCUT2D eigenvalue weighted by Gasteiger charge is 2.35. The normalized spacial score (nSPS) is 13.1. The fourth-order valence-electron chi connectivity index (χ4n) is 5.52. The number of unbranched alkanes of at least 4 members (excludes halogenated alkanes) is 9. The van der Waals surface area contributed by atoms with Gasteiger partial charge in [0, 0.05) is 18.4 Å². The maximum Gasteiger partial charge on any atom is 0.364 e. The molecule has 40 heavy (non-hydrogen) atoms. The monoisotopic (exact) mass is 552 g/mol. The molecular formula is C36H58NO3+. The van der Waals surface area contributed by atoms with Crippen LogP contribution < -0.4 is 4.74 Å². The summed E-state index contributed by atoms with van der Waals surface area (Å²) in [7, 11) is 4.26. The van der Waals surface area contributed by atoms with Gasteiger partial charge in [0.2, 0.25) is 0 Å². The molecule has 0 aliphatic carbocycles. The molecule has 0 radical (unpaired) electrons. The first-order valence-corrected chi connectivity index (χ1v) is 16.1. The number of hydrogen-bond donors (Lipinski definition) is 0. The fraction of sp³-hybridized carbons (Fsp3) is 0.639. The topological polar surface area (TPSA) is 35.5 Å². The number of benzene rings is 2. The Bertz CT molecular complexity index is 927. The maximum atomic E-state index is 13.2. The number of ether oxygens (including phenoxy) is 2. The standard InChI is InChI=1S/C36H58NO3/c1-6-8-9-10-11-12-13-14-15-19-25-33-26-20-21-27-35(33)40-31(3)28-29-39-36(38)34(22-7-2)37(4,5)30-32-23-17-16-18-24-32/h16-18,20-21,23-24,26-27,31,34H,6-15,19,22,25,28-30H2,1-5H3/q+1. The number of hydrogen-bond acceptors (Lipinski definition) is 3. The van der Waals surface area contributed by atoms with Crippen molar-refractivity contribution in [1.29, 1.82) is 0 Å². The molecule has 2 rings (SSSR count). The van der Waals surface area contributed by atoms with Gasteiger partial charge in [-0.1, -0.05) is 120 Å². The zero-order chi connectivity index (χ0) is 29.1. The highest BCUT2D eigenvalue weighted by atomic mass is 16.5. The molecule has 2 unspecified atom stereocenters. The molecule has 0 saturated carbocycles. The van der Waals surface area contributed by atoms with E-state index >= 15 is 0 Å². The van der Waals surface area contributed by atoms with Crippen LogP contribution in [0.4, 0.5) is 0 Å². The molecule has 0 fully saturated rings. The summed E-state index contributed by atoms with van der Waals surface area (Å²) in [5.41, 5.74) is 2.52. The number of nitrogens with zero attached hydrogens (tertiary/aromatic N) is 1. The molecule has 0 spiro atoms. The van der Waals surface area contributed by atoms with Crippen molar-refractivity contribution in [2.75, 3.05) is 20.7 Å². The van der Waals surface area contributed by atoms with E-state index in [2.05, 4.69) is 77.3 Å². The van der Waals surface area contributed by atoms with Crippen LogP contribution in [0, 0.1) is 0 Å². The predicted octanol–water partition coefficient (Wildman–Crippen LogP) is 9.30. The van der Waals surface area contributed by atoms with Crippen molar-refractivity contribution in [3.05, 3.63) is 65.7 Å². The number of likely N-dealkylation sites (N-methyl/N-ethyl adjacent to an activating group) is 1. The van der Waals surface area contributed by atoms with E-state index < -0.39 is 0 Å². The molecule has 4 heteroatoms. The molecule has 0 saturated heterocycles. The molecule has 0 N–H and O–H groups in total. The Morgan fingerprint density at radius 3 is 2.00 bits per heavy atom.